The summed E-state index contributed by atoms with van der Waals surface area (Å²) in [4.78, 5) is 47.4. The SMILES string of the molecule is CC[C@@]12C=CCN(C)C(=O)[C@@H]1[C@H]1C(=O)N(CCCCCCO)C3C(=O)N(c4ccccc4Cl)CC=C[C@@]31O2. The number of aliphatic hydroxyl groups excluding tert-OH is 1. The van der Waals surface area contributed by atoms with Crippen LogP contribution in [0, 0.1) is 11.8 Å². The number of likely N-dealkylation sites (tertiary alicyclic amines) is 1. The average molecular weight is 542 g/mol. The van der Waals surface area contributed by atoms with Gasteiger partial charge in [0.1, 0.15) is 11.6 Å². The van der Waals surface area contributed by atoms with Gasteiger partial charge in [0.05, 0.1) is 28.1 Å². The van der Waals surface area contributed by atoms with Crippen LogP contribution in [-0.2, 0) is 19.1 Å². The zero-order chi connectivity index (χ0) is 27.1. The Morgan fingerprint density at radius 1 is 0.974 bits per heavy atom. The molecule has 4 aliphatic heterocycles. The monoisotopic (exact) mass is 541 g/mol. The Hall–Kier alpha value is -2.68. The van der Waals surface area contributed by atoms with Crippen LogP contribution >= 0.6 is 11.6 Å². The summed E-state index contributed by atoms with van der Waals surface area (Å²) in [5.74, 6) is -2.15. The number of carbonyl (C=O) groups is 3. The van der Waals surface area contributed by atoms with Gasteiger partial charge in [-0.3, -0.25) is 14.4 Å². The van der Waals surface area contributed by atoms with E-state index in [9.17, 15) is 14.4 Å². The van der Waals surface area contributed by atoms with E-state index in [0.29, 0.717) is 43.1 Å². The molecule has 0 bridgehead atoms. The van der Waals surface area contributed by atoms with Crippen molar-refractivity contribution in [2.24, 2.45) is 11.8 Å². The molecule has 1 unspecified atom stereocenters. The first kappa shape index (κ1) is 26.9. The number of hydrogen-bond acceptors (Lipinski definition) is 5. The fourth-order valence-corrected chi connectivity index (χ4v) is 6.99. The third kappa shape index (κ3) is 4.08. The lowest BCUT2D eigenvalue weighted by Crippen LogP contribution is -2.56. The van der Waals surface area contributed by atoms with Crippen LogP contribution in [0.25, 0.3) is 0 Å². The first-order valence-corrected chi connectivity index (χ1v) is 14.0. The summed E-state index contributed by atoms with van der Waals surface area (Å²) in [6, 6.07) is 6.26. The number of rotatable bonds is 8. The number of ether oxygens (including phenoxy) is 1. The van der Waals surface area contributed by atoms with Crippen molar-refractivity contribution < 1.29 is 24.2 Å². The second kappa shape index (κ2) is 10.5. The van der Waals surface area contributed by atoms with Gasteiger partial charge in [-0.15, -0.1) is 0 Å². The van der Waals surface area contributed by atoms with E-state index >= 15 is 0 Å². The van der Waals surface area contributed by atoms with E-state index < -0.39 is 29.1 Å². The van der Waals surface area contributed by atoms with Crippen molar-refractivity contribution in [2.75, 3.05) is 38.2 Å². The average Bonchev–Trinajstić information content (AvgIpc) is 3.20. The van der Waals surface area contributed by atoms with E-state index in [-0.39, 0.29) is 30.9 Å². The number of carbonyl (C=O) groups excluding carboxylic acids is 3. The molecule has 1 aromatic carbocycles. The second-order valence-electron chi connectivity index (χ2n) is 10.7. The van der Waals surface area contributed by atoms with Gasteiger partial charge in [0.2, 0.25) is 11.8 Å². The maximum Gasteiger partial charge on any atom is 0.253 e. The minimum absolute atomic E-state index is 0.129. The number of fused-ring (bicyclic) bond motifs is 2. The predicted octanol–water partition coefficient (Wildman–Crippen LogP) is 3.18. The standard InChI is InChI=1S/C29H36ClN3O5/c1-3-28-14-10-16-31(2)25(35)22(28)23-26(36)33(17-8-4-5-9-19-34)24-27(37)32(18-11-15-29(23,24)38-28)21-13-7-6-12-20(21)30/h6-7,10-15,22-24,34H,3-5,8-9,16-19H2,1-2H3/t22-,23-,24?,28+,29-/m0/s1. The smallest absolute Gasteiger partial charge is 0.253 e. The van der Waals surface area contributed by atoms with Crippen LogP contribution in [0.15, 0.2) is 48.6 Å². The van der Waals surface area contributed by atoms with Crippen molar-refractivity contribution >= 4 is 35.0 Å². The molecule has 5 atom stereocenters. The van der Waals surface area contributed by atoms with E-state index in [0.717, 1.165) is 12.8 Å². The van der Waals surface area contributed by atoms with E-state index in [1.165, 1.54) is 0 Å². The molecule has 38 heavy (non-hydrogen) atoms. The largest absolute Gasteiger partial charge is 0.396 e. The molecule has 0 aromatic heterocycles. The normalized spacial score (nSPS) is 32.4. The first-order valence-electron chi connectivity index (χ1n) is 13.6. The fraction of sp³-hybridized carbons (Fsp3) is 0.552. The summed E-state index contributed by atoms with van der Waals surface area (Å²) < 4.78 is 6.93. The predicted molar refractivity (Wildman–Crippen MR) is 145 cm³/mol. The molecule has 0 saturated carbocycles. The summed E-state index contributed by atoms with van der Waals surface area (Å²) in [7, 11) is 1.74. The molecule has 2 saturated heterocycles. The highest BCUT2D eigenvalue weighted by molar-refractivity contribution is 6.34. The van der Waals surface area contributed by atoms with Gasteiger partial charge in [-0.05, 0) is 31.4 Å². The number of nitrogens with zero attached hydrogens (tertiary/aromatic N) is 3. The molecule has 204 valence electrons. The van der Waals surface area contributed by atoms with Gasteiger partial charge in [-0.2, -0.15) is 0 Å². The Kier molecular flexibility index (Phi) is 7.42. The van der Waals surface area contributed by atoms with Crippen molar-refractivity contribution in [2.45, 2.75) is 56.3 Å². The third-order valence-corrected chi connectivity index (χ3v) is 8.91. The highest BCUT2D eigenvalue weighted by Gasteiger charge is 2.75. The first-order chi connectivity index (χ1) is 18.3. The summed E-state index contributed by atoms with van der Waals surface area (Å²) in [5.41, 5.74) is -1.67. The lowest BCUT2D eigenvalue weighted by Gasteiger charge is -2.38. The number of benzene rings is 1. The molecule has 4 aliphatic rings. The van der Waals surface area contributed by atoms with Crippen molar-refractivity contribution in [3.05, 3.63) is 53.6 Å². The Morgan fingerprint density at radius 3 is 2.45 bits per heavy atom. The number of unbranched alkanes of at least 4 members (excludes halogenated alkanes) is 3. The number of para-hydroxylation sites is 1. The third-order valence-electron chi connectivity index (χ3n) is 8.59. The molecule has 0 radical (unpaired) electrons. The van der Waals surface area contributed by atoms with E-state index in [2.05, 4.69) is 0 Å². The van der Waals surface area contributed by atoms with Gasteiger partial charge in [0, 0.05) is 33.3 Å². The molecule has 1 N–H and O–H groups in total. The number of likely N-dealkylation sites (N-methyl/N-ethyl adjacent to an activating group) is 1. The van der Waals surface area contributed by atoms with Gasteiger partial charge in [0.25, 0.3) is 5.91 Å². The molecule has 0 aliphatic carbocycles. The summed E-state index contributed by atoms with van der Waals surface area (Å²) >= 11 is 6.51. The molecule has 9 heteroatoms. The summed E-state index contributed by atoms with van der Waals surface area (Å²) in [6.45, 7) is 3.19. The molecule has 1 spiro atoms. The number of aliphatic hydroxyl groups is 1. The Morgan fingerprint density at radius 2 is 1.71 bits per heavy atom. The molecule has 1 aromatic rings. The number of anilines is 1. The molecular formula is C29H36ClN3O5. The van der Waals surface area contributed by atoms with Gasteiger partial charge in [-0.25, -0.2) is 0 Å². The van der Waals surface area contributed by atoms with Crippen molar-refractivity contribution in [1.82, 2.24) is 9.80 Å². The molecule has 5 rings (SSSR count). The Labute approximate surface area is 228 Å². The summed E-state index contributed by atoms with van der Waals surface area (Å²) in [5, 5.41) is 9.59. The van der Waals surface area contributed by atoms with Crippen LogP contribution in [0.4, 0.5) is 5.69 Å². The zero-order valence-corrected chi connectivity index (χ0v) is 22.8. The second-order valence-corrected chi connectivity index (χ2v) is 11.1. The summed E-state index contributed by atoms with van der Waals surface area (Å²) in [6.07, 6.45) is 11.1. The lowest BCUT2D eigenvalue weighted by molar-refractivity contribution is -0.149. The maximum atomic E-state index is 14.4. The van der Waals surface area contributed by atoms with Crippen molar-refractivity contribution in [3.8, 4) is 0 Å². The van der Waals surface area contributed by atoms with Crippen LogP contribution in [0.3, 0.4) is 0 Å². The highest BCUT2D eigenvalue weighted by atomic mass is 35.5. The van der Waals surface area contributed by atoms with Crippen LogP contribution in [0.1, 0.15) is 39.0 Å². The van der Waals surface area contributed by atoms with Gasteiger partial charge in [-0.1, -0.05) is 67.8 Å². The topological polar surface area (TPSA) is 90.4 Å². The maximum absolute atomic E-state index is 14.4. The van der Waals surface area contributed by atoms with Crippen molar-refractivity contribution in [3.63, 3.8) is 0 Å². The van der Waals surface area contributed by atoms with Crippen LogP contribution < -0.4 is 4.90 Å². The molecular weight excluding hydrogens is 506 g/mol. The zero-order valence-electron chi connectivity index (χ0n) is 22.0. The van der Waals surface area contributed by atoms with Crippen LogP contribution in [0.2, 0.25) is 5.02 Å². The van der Waals surface area contributed by atoms with Crippen molar-refractivity contribution in [1.29, 1.82) is 0 Å². The molecule has 4 heterocycles. The van der Waals surface area contributed by atoms with E-state index in [4.69, 9.17) is 21.4 Å². The molecule has 8 nitrogen and oxygen atoms in total. The fourth-order valence-electron chi connectivity index (χ4n) is 6.76. The minimum Gasteiger partial charge on any atom is -0.396 e. The quantitative estimate of drug-likeness (QED) is 0.403. The highest BCUT2D eigenvalue weighted by Crippen LogP contribution is 2.58. The number of hydrogen-bond donors (Lipinski definition) is 1. The molecule has 2 fully saturated rings. The molecule has 3 amide bonds. The van der Waals surface area contributed by atoms with E-state index in [1.54, 1.807) is 33.9 Å². The van der Waals surface area contributed by atoms with Gasteiger partial charge >= 0.3 is 0 Å². The number of halogens is 1. The van der Waals surface area contributed by atoms with Crippen LogP contribution in [-0.4, -0.2) is 83.2 Å². The Bertz CT molecular complexity index is 1170. The van der Waals surface area contributed by atoms with E-state index in [1.807, 2.05) is 43.4 Å². The van der Waals surface area contributed by atoms with Gasteiger partial charge in [0.15, 0.2) is 0 Å². The Balaban J connectivity index is 1.60. The number of amides is 3. The van der Waals surface area contributed by atoms with Gasteiger partial charge < -0.3 is 24.5 Å². The minimum atomic E-state index is -1.27. The van der Waals surface area contributed by atoms with Crippen LogP contribution in [0.5, 0.6) is 0 Å². The lowest BCUT2D eigenvalue weighted by atomic mass is 9.73.